The molecule has 3 heterocycles. The van der Waals surface area contributed by atoms with Gasteiger partial charge in [0, 0.05) is 12.1 Å². The van der Waals surface area contributed by atoms with Crippen LogP contribution in [0.5, 0.6) is 0 Å². The van der Waals surface area contributed by atoms with Gasteiger partial charge in [0.25, 0.3) is 5.69 Å². The maximum Gasteiger partial charge on any atom is 0.289 e. The van der Waals surface area contributed by atoms with Crippen LogP contribution < -0.4 is 4.90 Å². The monoisotopic (exact) mass is 278 g/mol. The summed E-state index contributed by atoms with van der Waals surface area (Å²) in [5.41, 5.74) is -0.663. The molecular formula is C12H11ClN4O2. The number of pyridine rings is 1. The highest BCUT2D eigenvalue weighted by molar-refractivity contribution is 6.33. The summed E-state index contributed by atoms with van der Waals surface area (Å²) in [5.74, 6) is 0.494. The Hall–Kier alpha value is -1.87. The molecule has 0 N–H and O–H groups in total. The Morgan fingerprint density at radius 1 is 1.58 bits per heavy atom. The summed E-state index contributed by atoms with van der Waals surface area (Å²) >= 11 is 6.11. The van der Waals surface area contributed by atoms with E-state index in [0.29, 0.717) is 5.82 Å². The van der Waals surface area contributed by atoms with Crippen LogP contribution in [-0.4, -0.2) is 21.5 Å². The fourth-order valence-corrected chi connectivity index (χ4v) is 3.42. The fourth-order valence-electron chi connectivity index (χ4n) is 3.17. The van der Waals surface area contributed by atoms with Crippen molar-refractivity contribution in [3.8, 4) is 6.07 Å². The molecule has 6 nitrogen and oxygen atoms in total. The van der Waals surface area contributed by atoms with Gasteiger partial charge in [0.15, 0.2) is 0 Å². The molecule has 0 saturated carbocycles. The van der Waals surface area contributed by atoms with Gasteiger partial charge in [-0.2, -0.15) is 5.26 Å². The van der Waals surface area contributed by atoms with Crippen molar-refractivity contribution >= 4 is 23.1 Å². The zero-order chi connectivity index (χ0) is 13.6. The molecule has 1 aromatic rings. The molecule has 2 fully saturated rings. The van der Waals surface area contributed by atoms with E-state index in [-0.39, 0.29) is 16.8 Å². The maximum absolute atomic E-state index is 10.7. The van der Waals surface area contributed by atoms with E-state index in [0.717, 1.165) is 25.7 Å². The van der Waals surface area contributed by atoms with Crippen LogP contribution in [0, 0.1) is 21.4 Å². The molecule has 2 aliphatic rings. The molecule has 0 atom stereocenters. The standard InChI is InChI=1S/C12H11ClN4O2/c13-10-5-9(17(18)19)6-15-11(10)16-8-1-3-12(16,7-14)4-2-8/h5-6,8H,1-4H2. The number of hydrogen-bond donors (Lipinski definition) is 0. The number of nitriles is 1. The molecule has 0 radical (unpaired) electrons. The minimum atomic E-state index is -0.530. The molecule has 3 rings (SSSR count). The minimum absolute atomic E-state index is 0.133. The third-order valence-corrected chi connectivity index (χ3v) is 4.34. The van der Waals surface area contributed by atoms with Gasteiger partial charge in [-0.15, -0.1) is 0 Å². The number of nitro groups is 1. The van der Waals surface area contributed by atoms with Crippen LogP contribution in [0.2, 0.25) is 5.02 Å². The quantitative estimate of drug-likeness (QED) is 0.613. The molecule has 0 aromatic carbocycles. The molecule has 1 aromatic heterocycles. The highest BCUT2D eigenvalue weighted by Crippen LogP contribution is 2.49. The van der Waals surface area contributed by atoms with Crippen LogP contribution in [0.4, 0.5) is 11.5 Å². The zero-order valence-corrected chi connectivity index (χ0v) is 10.8. The van der Waals surface area contributed by atoms with Gasteiger partial charge in [0.1, 0.15) is 17.6 Å². The summed E-state index contributed by atoms with van der Waals surface area (Å²) in [5, 5.41) is 20.4. The first-order valence-corrected chi connectivity index (χ1v) is 6.46. The molecule has 2 aliphatic heterocycles. The first-order chi connectivity index (χ1) is 9.07. The molecule has 19 heavy (non-hydrogen) atoms. The smallest absolute Gasteiger partial charge is 0.289 e. The predicted octanol–water partition coefficient (Wildman–Crippen LogP) is 2.67. The van der Waals surface area contributed by atoms with Crippen molar-refractivity contribution in [1.82, 2.24) is 4.98 Å². The second-order valence-electron chi connectivity index (χ2n) is 5.00. The summed E-state index contributed by atoms with van der Waals surface area (Å²) in [7, 11) is 0. The van der Waals surface area contributed by atoms with Gasteiger partial charge in [-0.1, -0.05) is 11.6 Å². The largest absolute Gasteiger partial charge is 0.334 e. The molecule has 98 valence electrons. The van der Waals surface area contributed by atoms with Crippen LogP contribution in [-0.2, 0) is 0 Å². The van der Waals surface area contributed by atoms with Crippen molar-refractivity contribution in [1.29, 1.82) is 5.26 Å². The van der Waals surface area contributed by atoms with E-state index >= 15 is 0 Å². The van der Waals surface area contributed by atoms with E-state index in [1.54, 1.807) is 0 Å². The molecule has 2 bridgehead atoms. The number of hydrogen-bond acceptors (Lipinski definition) is 5. The molecule has 7 heteroatoms. The van der Waals surface area contributed by atoms with Gasteiger partial charge in [-0.05, 0) is 25.7 Å². The van der Waals surface area contributed by atoms with Crippen LogP contribution in [0.15, 0.2) is 12.3 Å². The summed E-state index contributed by atoms with van der Waals surface area (Å²) in [4.78, 5) is 16.2. The van der Waals surface area contributed by atoms with Crippen LogP contribution in [0.25, 0.3) is 0 Å². The number of rotatable bonds is 2. The Bertz CT molecular complexity index is 590. The van der Waals surface area contributed by atoms with Gasteiger partial charge >= 0.3 is 0 Å². The van der Waals surface area contributed by atoms with Crippen LogP contribution in [0.1, 0.15) is 25.7 Å². The van der Waals surface area contributed by atoms with Gasteiger partial charge < -0.3 is 4.90 Å². The van der Waals surface area contributed by atoms with Gasteiger partial charge in [-0.3, -0.25) is 10.1 Å². The van der Waals surface area contributed by atoms with Gasteiger partial charge in [0.2, 0.25) is 0 Å². The molecule has 0 spiro atoms. The molecule has 0 unspecified atom stereocenters. The van der Waals surface area contributed by atoms with E-state index in [9.17, 15) is 15.4 Å². The summed E-state index contributed by atoms with van der Waals surface area (Å²) in [6.45, 7) is 0. The van der Waals surface area contributed by atoms with E-state index in [2.05, 4.69) is 11.1 Å². The van der Waals surface area contributed by atoms with Crippen molar-refractivity contribution in [2.45, 2.75) is 37.3 Å². The molecule has 2 saturated heterocycles. The lowest BCUT2D eigenvalue weighted by Crippen LogP contribution is -2.40. The summed E-state index contributed by atoms with van der Waals surface area (Å²) in [6.07, 6.45) is 4.71. The third kappa shape index (κ3) is 1.65. The Labute approximate surface area is 114 Å². The van der Waals surface area contributed by atoms with Gasteiger partial charge in [-0.25, -0.2) is 4.98 Å². The lowest BCUT2D eigenvalue weighted by molar-refractivity contribution is -0.385. The van der Waals surface area contributed by atoms with E-state index < -0.39 is 10.5 Å². The Morgan fingerprint density at radius 2 is 2.26 bits per heavy atom. The molecule has 0 aliphatic carbocycles. The fraction of sp³-hybridized carbons (Fsp3) is 0.500. The van der Waals surface area contributed by atoms with E-state index in [4.69, 9.17) is 11.6 Å². The molecule has 0 amide bonds. The minimum Gasteiger partial charge on any atom is -0.334 e. The second kappa shape index (κ2) is 4.07. The van der Waals surface area contributed by atoms with Crippen LogP contribution in [0.3, 0.4) is 0 Å². The van der Waals surface area contributed by atoms with Crippen molar-refractivity contribution in [2.24, 2.45) is 0 Å². The molecular weight excluding hydrogens is 268 g/mol. The maximum atomic E-state index is 10.7. The summed E-state index contributed by atoms with van der Waals surface area (Å²) in [6, 6.07) is 3.94. The lowest BCUT2D eigenvalue weighted by atomic mass is 9.89. The van der Waals surface area contributed by atoms with Crippen molar-refractivity contribution in [2.75, 3.05) is 4.90 Å². The highest BCUT2D eigenvalue weighted by atomic mass is 35.5. The average molecular weight is 279 g/mol. The second-order valence-corrected chi connectivity index (χ2v) is 5.41. The van der Waals surface area contributed by atoms with Gasteiger partial charge in [0.05, 0.1) is 16.0 Å². The first-order valence-electron chi connectivity index (χ1n) is 6.08. The lowest BCUT2D eigenvalue weighted by Gasteiger charge is -2.29. The summed E-state index contributed by atoms with van der Waals surface area (Å²) < 4.78 is 0. The van der Waals surface area contributed by atoms with E-state index in [1.807, 2.05) is 4.90 Å². The van der Waals surface area contributed by atoms with E-state index in [1.165, 1.54) is 12.3 Å². The zero-order valence-electron chi connectivity index (χ0n) is 10.0. The third-order valence-electron chi connectivity index (χ3n) is 4.06. The number of halogens is 1. The SMILES string of the molecule is N#CC12CCC(CC1)N2c1ncc([N+](=O)[O-])cc1Cl. The predicted molar refractivity (Wildman–Crippen MR) is 69.0 cm³/mol. The number of fused-ring (bicyclic) bond motifs is 2. The Morgan fingerprint density at radius 3 is 2.79 bits per heavy atom. The van der Waals surface area contributed by atoms with Crippen molar-refractivity contribution < 1.29 is 4.92 Å². The Balaban J connectivity index is 2.04. The topological polar surface area (TPSA) is 83.1 Å². The normalized spacial score (nSPS) is 28.4. The Kier molecular flexibility index (Phi) is 2.61. The van der Waals surface area contributed by atoms with Crippen LogP contribution >= 0.6 is 11.6 Å². The number of nitrogens with zero attached hydrogens (tertiary/aromatic N) is 4. The average Bonchev–Trinajstić information content (AvgIpc) is 2.94. The number of anilines is 1. The van der Waals surface area contributed by atoms with Crippen molar-refractivity contribution in [3.63, 3.8) is 0 Å². The highest BCUT2D eigenvalue weighted by Gasteiger charge is 2.53. The first kappa shape index (κ1) is 12.2. The van der Waals surface area contributed by atoms with Crippen molar-refractivity contribution in [3.05, 3.63) is 27.4 Å². The number of aromatic nitrogens is 1.